The van der Waals surface area contributed by atoms with Crippen molar-refractivity contribution in [1.82, 2.24) is 9.88 Å². The van der Waals surface area contributed by atoms with Crippen LogP contribution >= 0.6 is 0 Å². The maximum Gasteiger partial charge on any atom is 0.417 e. The Balaban J connectivity index is 1.92. The second-order valence-electron chi connectivity index (χ2n) is 5.24. The van der Waals surface area contributed by atoms with Crippen molar-refractivity contribution in [2.75, 3.05) is 13.2 Å². The molecule has 1 fully saturated rings. The fraction of sp³-hybridized carbons (Fsp3) is 0.643. The van der Waals surface area contributed by atoms with Crippen molar-refractivity contribution in [3.8, 4) is 0 Å². The highest BCUT2D eigenvalue weighted by Gasteiger charge is 2.31. The second-order valence-corrected chi connectivity index (χ2v) is 5.24. The van der Waals surface area contributed by atoms with Crippen molar-refractivity contribution in [2.45, 2.75) is 44.6 Å². The molecule has 4 nitrogen and oxygen atoms in total. The van der Waals surface area contributed by atoms with Gasteiger partial charge in [0.05, 0.1) is 11.7 Å². The first-order valence-electron chi connectivity index (χ1n) is 7.00. The number of halogens is 3. The van der Waals surface area contributed by atoms with Crippen molar-refractivity contribution >= 4 is 0 Å². The smallest absolute Gasteiger partial charge is 0.377 e. The van der Waals surface area contributed by atoms with Crippen LogP contribution in [0.15, 0.2) is 23.1 Å². The number of hydrogen-bond donors (Lipinski definition) is 1. The zero-order chi connectivity index (χ0) is 15.5. The van der Waals surface area contributed by atoms with E-state index in [4.69, 9.17) is 4.74 Å². The van der Waals surface area contributed by atoms with Crippen LogP contribution in [0.4, 0.5) is 13.2 Å². The van der Waals surface area contributed by atoms with E-state index in [0.29, 0.717) is 6.54 Å². The number of nitrogens with zero attached hydrogens (tertiary/aromatic N) is 1. The molecule has 0 saturated carbocycles. The lowest BCUT2D eigenvalue weighted by Gasteiger charge is -2.20. The van der Waals surface area contributed by atoms with E-state index in [1.54, 1.807) is 0 Å². The van der Waals surface area contributed by atoms with E-state index in [1.807, 2.05) is 6.92 Å². The van der Waals surface area contributed by atoms with E-state index in [-0.39, 0.29) is 18.7 Å². The Hall–Kier alpha value is -1.34. The molecule has 1 aromatic heterocycles. The normalized spacial score (nSPS) is 20.7. The lowest BCUT2D eigenvalue weighted by Crippen LogP contribution is -2.39. The molecule has 2 atom stereocenters. The van der Waals surface area contributed by atoms with Gasteiger partial charge in [-0.3, -0.25) is 4.79 Å². The molecule has 0 aromatic carbocycles. The Bertz CT molecular complexity index is 522. The van der Waals surface area contributed by atoms with Crippen molar-refractivity contribution in [2.24, 2.45) is 0 Å². The van der Waals surface area contributed by atoms with Crippen LogP contribution in [0.5, 0.6) is 0 Å². The molecule has 2 rings (SSSR count). The van der Waals surface area contributed by atoms with Gasteiger partial charge in [-0.1, -0.05) is 0 Å². The Morgan fingerprint density at radius 1 is 1.48 bits per heavy atom. The van der Waals surface area contributed by atoms with Gasteiger partial charge in [-0.25, -0.2) is 0 Å². The number of rotatable bonds is 5. The van der Waals surface area contributed by atoms with E-state index < -0.39 is 17.3 Å². The van der Waals surface area contributed by atoms with Crippen molar-refractivity contribution in [1.29, 1.82) is 0 Å². The Labute approximate surface area is 120 Å². The largest absolute Gasteiger partial charge is 0.417 e. The third kappa shape index (κ3) is 4.31. The molecule has 1 aliphatic heterocycles. The molecule has 21 heavy (non-hydrogen) atoms. The van der Waals surface area contributed by atoms with Crippen molar-refractivity contribution < 1.29 is 17.9 Å². The number of aromatic nitrogens is 1. The maximum atomic E-state index is 12.6. The fourth-order valence-electron chi connectivity index (χ4n) is 2.41. The molecule has 1 N–H and O–H groups in total. The highest BCUT2D eigenvalue weighted by atomic mass is 19.4. The first-order chi connectivity index (χ1) is 9.88. The molecule has 7 heteroatoms. The van der Waals surface area contributed by atoms with Crippen LogP contribution in [0.2, 0.25) is 0 Å². The van der Waals surface area contributed by atoms with Crippen molar-refractivity contribution in [3.63, 3.8) is 0 Å². The summed E-state index contributed by atoms with van der Waals surface area (Å²) in [6.07, 6.45) is -1.42. The quantitative estimate of drug-likeness (QED) is 0.905. The molecule has 0 spiro atoms. The van der Waals surface area contributed by atoms with Crippen LogP contribution in [0.1, 0.15) is 25.3 Å². The first kappa shape index (κ1) is 16.0. The lowest BCUT2D eigenvalue weighted by molar-refractivity contribution is -0.138. The van der Waals surface area contributed by atoms with Gasteiger partial charge in [-0.05, 0) is 25.8 Å². The SMILES string of the molecule is CC(NCCn1cc(C(F)(F)F)ccc1=O)C1CCCO1. The molecule has 1 aromatic rings. The van der Waals surface area contributed by atoms with Crippen LogP contribution in [0.3, 0.4) is 0 Å². The standard InChI is InChI=1S/C14H19F3N2O2/c1-10(12-3-2-8-21-12)18-6-7-19-9-11(14(15,16)17)4-5-13(19)20/h4-5,9-10,12,18H,2-3,6-8H2,1H3. The molecular weight excluding hydrogens is 285 g/mol. The maximum absolute atomic E-state index is 12.6. The monoisotopic (exact) mass is 304 g/mol. The zero-order valence-electron chi connectivity index (χ0n) is 11.8. The first-order valence-corrected chi connectivity index (χ1v) is 7.00. The number of nitrogens with one attached hydrogen (secondary N) is 1. The van der Waals surface area contributed by atoms with Gasteiger partial charge in [-0.15, -0.1) is 0 Å². The third-order valence-electron chi connectivity index (χ3n) is 3.65. The molecule has 2 heterocycles. The average molecular weight is 304 g/mol. The minimum absolute atomic E-state index is 0.119. The summed E-state index contributed by atoms with van der Waals surface area (Å²) in [5.74, 6) is 0. The molecule has 2 unspecified atom stereocenters. The summed E-state index contributed by atoms with van der Waals surface area (Å²) in [6, 6.07) is 1.88. The predicted octanol–water partition coefficient (Wildman–Crippen LogP) is 2.02. The molecular formula is C14H19F3N2O2. The minimum atomic E-state index is -4.44. The van der Waals surface area contributed by atoms with E-state index in [0.717, 1.165) is 42.3 Å². The molecule has 0 amide bonds. The van der Waals surface area contributed by atoms with Gasteiger partial charge < -0.3 is 14.6 Å². The summed E-state index contributed by atoms with van der Waals surface area (Å²) >= 11 is 0. The number of alkyl halides is 3. The Kier molecular flexibility index (Phi) is 5.05. The summed E-state index contributed by atoms with van der Waals surface area (Å²) in [5.41, 5.74) is -1.25. The van der Waals surface area contributed by atoms with Gasteiger partial charge in [0, 0.05) is 38.0 Å². The molecule has 0 bridgehead atoms. The Morgan fingerprint density at radius 3 is 2.86 bits per heavy atom. The number of pyridine rings is 1. The molecule has 1 aliphatic rings. The van der Waals surface area contributed by atoms with Crippen molar-refractivity contribution in [3.05, 3.63) is 34.2 Å². The van der Waals surface area contributed by atoms with Gasteiger partial charge in [-0.2, -0.15) is 13.2 Å². The molecule has 0 radical (unpaired) electrons. The lowest BCUT2D eigenvalue weighted by atomic mass is 10.1. The molecule has 118 valence electrons. The summed E-state index contributed by atoms with van der Waals surface area (Å²) < 4.78 is 44.4. The minimum Gasteiger partial charge on any atom is -0.377 e. The number of hydrogen-bond acceptors (Lipinski definition) is 3. The van der Waals surface area contributed by atoms with Gasteiger partial charge in [0.15, 0.2) is 0 Å². The summed E-state index contributed by atoms with van der Waals surface area (Å²) in [6.45, 7) is 3.34. The Morgan fingerprint density at radius 2 is 2.24 bits per heavy atom. The van der Waals surface area contributed by atoms with Crippen LogP contribution in [-0.2, 0) is 17.5 Å². The number of ether oxygens (including phenoxy) is 1. The van der Waals surface area contributed by atoms with E-state index in [1.165, 1.54) is 0 Å². The highest BCUT2D eigenvalue weighted by molar-refractivity contribution is 5.13. The highest BCUT2D eigenvalue weighted by Crippen LogP contribution is 2.27. The van der Waals surface area contributed by atoms with E-state index in [2.05, 4.69) is 5.32 Å². The summed E-state index contributed by atoms with van der Waals surface area (Å²) in [4.78, 5) is 11.6. The van der Waals surface area contributed by atoms with Crippen LogP contribution < -0.4 is 10.9 Å². The topological polar surface area (TPSA) is 43.3 Å². The average Bonchev–Trinajstić information content (AvgIpc) is 2.93. The van der Waals surface area contributed by atoms with Crippen LogP contribution in [-0.4, -0.2) is 29.9 Å². The summed E-state index contributed by atoms with van der Waals surface area (Å²) in [7, 11) is 0. The van der Waals surface area contributed by atoms with Gasteiger partial charge in [0.25, 0.3) is 5.56 Å². The van der Waals surface area contributed by atoms with Gasteiger partial charge >= 0.3 is 6.18 Å². The van der Waals surface area contributed by atoms with Gasteiger partial charge in [0.1, 0.15) is 0 Å². The van der Waals surface area contributed by atoms with E-state index in [9.17, 15) is 18.0 Å². The second kappa shape index (κ2) is 6.62. The van der Waals surface area contributed by atoms with Crippen LogP contribution in [0, 0.1) is 0 Å². The predicted molar refractivity (Wildman–Crippen MR) is 72.1 cm³/mol. The summed E-state index contributed by atoms with van der Waals surface area (Å²) in [5, 5.41) is 3.19. The van der Waals surface area contributed by atoms with E-state index >= 15 is 0 Å². The van der Waals surface area contributed by atoms with Crippen LogP contribution in [0.25, 0.3) is 0 Å². The molecule has 1 saturated heterocycles. The fourth-order valence-corrected chi connectivity index (χ4v) is 2.41. The van der Waals surface area contributed by atoms with Gasteiger partial charge in [0.2, 0.25) is 0 Å². The molecule has 0 aliphatic carbocycles. The third-order valence-corrected chi connectivity index (χ3v) is 3.65. The zero-order valence-corrected chi connectivity index (χ0v) is 11.8.